The van der Waals surface area contributed by atoms with Crippen molar-refractivity contribution in [1.29, 1.82) is 0 Å². The number of nitrogens with zero attached hydrogens (tertiary/aromatic N) is 1. The van der Waals surface area contributed by atoms with Gasteiger partial charge in [0.2, 0.25) is 5.91 Å². The van der Waals surface area contributed by atoms with E-state index >= 15 is 0 Å². The molecule has 0 bridgehead atoms. The van der Waals surface area contributed by atoms with Crippen LogP contribution >= 0.6 is 24.2 Å². The predicted octanol–water partition coefficient (Wildman–Crippen LogP) is 3.33. The Labute approximate surface area is 146 Å². The summed E-state index contributed by atoms with van der Waals surface area (Å²) >= 11 is 1.25. The highest BCUT2D eigenvalue weighted by Gasteiger charge is 2.22. The van der Waals surface area contributed by atoms with Crippen LogP contribution in [0.25, 0.3) is 0 Å². The van der Waals surface area contributed by atoms with Gasteiger partial charge in [0.1, 0.15) is 0 Å². The van der Waals surface area contributed by atoms with Crippen LogP contribution in [0, 0.1) is 17.6 Å². The number of carbonyl (C=O) groups is 1. The molecule has 0 aliphatic carbocycles. The van der Waals surface area contributed by atoms with Crippen LogP contribution < -0.4 is 5.32 Å². The quantitative estimate of drug-likeness (QED) is 0.786. The van der Waals surface area contributed by atoms with Crippen LogP contribution in [0.15, 0.2) is 23.1 Å². The molecule has 130 valence electrons. The summed E-state index contributed by atoms with van der Waals surface area (Å²) in [6, 6.07) is 3.73. The maximum atomic E-state index is 13.1. The minimum atomic E-state index is -0.872. The van der Waals surface area contributed by atoms with Crippen molar-refractivity contribution in [2.75, 3.05) is 32.4 Å². The van der Waals surface area contributed by atoms with Crippen LogP contribution in [0.5, 0.6) is 0 Å². The highest BCUT2D eigenvalue weighted by Crippen LogP contribution is 2.23. The Morgan fingerprint density at radius 2 is 2.00 bits per heavy atom. The molecular weight excluding hydrogens is 342 g/mol. The maximum Gasteiger partial charge on any atom is 0.232 e. The van der Waals surface area contributed by atoms with Crippen molar-refractivity contribution in [1.82, 2.24) is 10.2 Å². The Morgan fingerprint density at radius 3 is 2.61 bits per heavy atom. The molecule has 0 atom stereocenters. The highest BCUT2D eigenvalue weighted by atomic mass is 35.5. The summed E-state index contributed by atoms with van der Waals surface area (Å²) in [5.74, 6) is -0.703. The van der Waals surface area contributed by atoms with Gasteiger partial charge < -0.3 is 10.2 Å². The van der Waals surface area contributed by atoms with Crippen LogP contribution in [0.3, 0.4) is 0 Å². The summed E-state index contributed by atoms with van der Waals surface area (Å²) in [6.45, 7) is 2.61. The lowest BCUT2D eigenvalue weighted by Crippen LogP contribution is -2.39. The Bertz CT molecular complexity index is 511. The molecule has 0 saturated carbocycles. The third-order valence-electron chi connectivity index (χ3n) is 4.02. The topological polar surface area (TPSA) is 32.3 Å². The first kappa shape index (κ1) is 20.2. The smallest absolute Gasteiger partial charge is 0.232 e. The summed E-state index contributed by atoms with van der Waals surface area (Å²) in [4.78, 5) is 14.6. The van der Waals surface area contributed by atoms with E-state index in [0.717, 1.165) is 51.0 Å². The number of piperidine rings is 1. The maximum absolute atomic E-state index is 13.1. The van der Waals surface area contributed by atoms with Gasteiger partial charge in [-0.15, -0.1) is 24.2 Å². The minimum Gasteiger partial charge on any atom is -0.342 e. The average molecular weight is 365 g/mol. The van der Waals surface area contributed by atoms with E-state index in [-0.39, 0.29) is 24.1 Å². The van der Waals surface area contributed by atoms with E-state index in [1.165, 1.54) is 17.8 Å². The Balaban J connectivity index is 0.00000264. The van der Waals surface area contributed by atoms with E-state index in [1.807, 2.05) is 11.9 Å². The van der Waals surface area contributed by atoms with Gasteiger partial charge in [-0.25, -0.2) is 8.78 Å². The van der Waals surface area contributed by atoms with E-state index < -0.39 is 11.6 Å². The zero-order chi connectivity index (χ0) is 15.9. The van der Waals surface area contributed by atoms with E-state index in [0.29, 0.717) is 10.8 Å². The van der Waals surface area contributed by atoms with Gasteiger partial charge in [-0.3, -0.25) is 4.79 Å². The predicted molar refractivity (Wildman–Crippen MR) is 92.2 cm³/mol. The molecule has 1 fully saturated rings. The summed E-state index contributed by atoms with van der Waals surface area (Å²) in [6.07, 6.45) is 3.24. The Hall–Kier alpha value is -0.850. The molecular formula is C16H23ClF2N2OS. The number of amides is 1. The van der Waals surface area contributed by atoms with Gasteiger partial charge in [-0.05, 0) is 57.0 Å². The zero-order valence-corrected chi connectivity index (χ0v) is 14.8. The molecule has 7 heteroatoms. The number of thioether (sulfide) groups is 1. The standard InChI is InChI=1S/C16H22F2N2OS.ClH/c1-19-7-4-12-5-8-20(9-6-12)16(21)11-22-13-2-3-14(17)15(18)10-13;/h2-3,10,12,19H,4-9,11H2,1H3;1H. The van der Waals surface area contributed by atoms with Crippen molar-refractivity contribution in [3.63, 3.8) is 0 Å². The summed E-state index contributed by atoms with van der Waals surface area (Å²) < 4.78 is 26.0. The van der Waals surface area contributed by atoms with E-state index in [9.17, 15) is 13.6 Å². The second-order valence-corrected chi connectivity index (χ2v) is 6.63. The van der Waals surface area contributed by atoms with E-state index in [4.69, 9.17) is 0 Å². The summed E-state index contributed by atoms with van der Waals surface area (Å²) in [7, 11) is 1.95. The fourth-order valence-electron chi connectivity index (χ4n) is 2.62. The fourth-order valence-corrected chi connectivity index (χ4v) is 3.45. The summed E-state index contributed by atoms with van der Waals surface area (Å²) in [5.41, 5.74) is 0. The normalized spacial score (nSPS) is 15.3. The molecule has 1 N–H and O–H groups in total. The molecule has 0 radical (unpaired) electrons. The van der Waals surface area contributed by atoms with Crippen molar-refractivity contribution in [3.05, 3.63) is 29.8 Å². The molecule has 1 saturated heterocycles. The molecule has 1 heterocycles. The number of benzene rings is 1. The van der Waals surface area contributed by atoms with Crippen molar-refractivity contribution >= 4 is 30.1 Å². The number of nitrogens with one attached hydrogen (secondary N) is 1. The van der Waals surface area contributed by atoms with E-state index in [1.54, 1.807) is 0 Å². The number of rotatable bonds is 6. The number of carbonyl (C=O) groups excluding carboxylic acids is 1. The third-order valence-corrected chi connectivity index (χ3v) is 5.00. The lowest BCUT2D eigenvalue weighted by atomic mass is 9.93. The highest BCUT2D eigenvalue weighted by molar-refractivity contribution is 8.00. The molecule has 0 unspecified atom stereocenters. The first-order chi connectivity index (χ1) is 10.6. The second kappa shape index (κ2) is 10.1. The van der Waals surface area contributed by atoms with Gasteiger partial charge in [0.25, 0.3) is 0 Å². The van der Waals surface area contributed by atoms with Gasteiger partial charge in [0, 0.05) is 18.0 Å². The van der Waals surface area contributed by atoms with Gasteiger partial charge in [0.15, 0.2) is 11.6 Å². The van der Waals surface area contributed by atoms with Crippen LogP contribution in [-0.2, 0) is 4.79 Å². The van der Waals surface area contributed by atoms with E-state index in [2.05, 4.69) is 5.32 Å². The first-order valence-electron chi connectivity index (χ1n) is 7.60. The van der Waals surface area contributed by atoms with Crippen molar-refractivity contribution in [3.8, 4) is 0 Å². The average Bonchev–Trinajstić information content (AvgIpc) is 2.54. The Kier molecular flexibility index (Phi) is 8.87. The molecule has 1 amide bonds. The molecule has 1 aromatic carbocycles. The molecule has 3 nitrogen and oxygen atoms in total. The number of halogens is 3. The monoisotopic (exact) mass is 364 g/mol. The summed E-state index contributed by atoms with van der Waals surface area (Å²) in [5, 5.41) is 3.15. The second-order valence-electron chi connectivity index (χ2n) is 5.58. The molecule has 23 heavy (non-hydrogen) atoms. The van der Waals surface area contributed by atoms with Crippen molar-refractivity contribution in [2.24, 2.45) is 5.92 Å². The van der Waals surface area contributed by atoms with Gasteiger partial charge >= 0.3 is 0 Å². The fraction of sp³-hybridized carbons (Fsp3) is 0.562. The molecule has 1 aliphatic heterocycles. The first-order valence-corrected chi connectivity index (χ1v) is 8.59. The molecule has 0 aromatic heterocycles. The largest absolute Gasteiger partial charge is 0.342 e. The van der Waals surface area contributed by atoms with Crippen LogP contribution in [-0.4, -0.2) is 43.2 Å². The lowest BCUT2D eigenvalue weighted by molar-refractivity contribution is -0.129. The minimum absolute atomic E-state index is 0. The number of hydrogen-bond donors (Lipinski definition) is 1. The lowest BCUT2D eigenvalue weighted by Gasteiger charge is -2.32. The molecule has 1 aromatic rings. The zero-order valence-electron chi connectivity index (χ0n) is 13.2. The van der Waals surface area contributed by atoms with Gasteiger partial charge in [-0.2, -0.15) is 0 Å². The van der Waals surface area contributed by atoms with Crippen molar-refractivity contribution in [2.45, 2.75) is 24.2 Å². The van der Waals surface area contributed by atoms with Crippen LogP contribution in [0.2, 0.25) is 0 Å². The SMILES string of the molecule is CNCCC1CCN(C(=O)CSc2ccc(F)c(F)c2)CC1.Cl. The Morgan fingerprint density at radius 1 is 1.30 bits per heavy atom. The molecule has 1 aliphatic rings. The van der Waals surface area contributed by atoms with Crippen LogP contribution in [0.4, 0.5) is 8.78 Å². The van der Waals surface area contributed by atoms with Crippen molar-refractivity contribution < 1.29 is 13.6 Å². The molecule has 2 rings (SSSR count). The molecule has 0 spiro atoms. The number of likely N-dealkylation sites (tertiary alicyclic amines) is 1. The van der Waals surface area contributed by atoms with Gasteiger partial charge in [0.05, 0.1) is 5.75 Å². The van der Waals surface area contributed by atoms with Gasteiger partial charge in [-0.1, -0.05) is 0 Å². The number of hydrogen-bond acceptors (Lipinski definition) is 3. The van der Waals surface area contributed by atoms with Crippen LogP contribution in [0.1, 0.15) is 19.3 Å². The third kappa shape index (κ3) is 6.28.